The van der Waals surface area contributed by atoms with Gasteiger partial charge >= 0.3 is 5.97 Å². The van der Waals surface area contributed by atoms with E-state index in [9.17, 15) is 14.3 Å². The van der Waals surface area contributed by atoms with Gasteiger partial charge < -0.3 is 10.0 Å². The van der Waals surface area contributed by atoms with Crippen LogP contribution in [0.5, 0.6) is 0 Å². The van der Waals surface area contributed by atoms with Crippen molar-refractivity contribution in [3.05, 3.63) is 53.1 Å². The molecule has 1 fully saturated rings. The number of carboxylic acids is 1. The summed E-state index contributed by atoms with van der Waals surface area (Å²) in [4.78, 5) is 22.0. The maximum Gasteiger partial charge on any atom is 0.308 e. The van der Waals surface area contributed by atoms with Crippen LogP contribution in [0.25, 0.3) is 22.0 Å². The lowest BCUT2D eigenvalue weighted by Crippen LogP contribution is -2.39. The minimum atomic E-state index is -0.820. The number of hydrogen-bond donors (Lipinski definition) is 1. The first kappa shape index (κ1) is 18.6. The Balaban J connectivity index is 1.91. The largest absolute Gasteiger partial charge is 0.481 e. The van der Waals surface area contributed by atoms with Gasteiger partial charge in [0, 0.05) is 18.1 Å². The van der Waals surface area contributed by atoms with Gasteiger partial charge in [-0.15, -0.1) is 0 Å². The molecule has 1 saturated heterocycles. The fourth-order valence-corrected chi connectivity index (χ4v) is 3.92. The summed E-state index contributed by atoms with van der Waals surface area (Å²) in [5, 5.41) is 10.6. The van der Waals surface area contributed by atoms with Crippen LogP contribution in [0.4, 0.5) is 10.2 Å². The van der Waals surface area contributed by atoms with E-state index in [1.165, 1.54) is 12.4 Å². The van der Waals surface area contributed by atoms with Gasteiger partial charge in [0.25, 0.3) is 0 Å². The molecule has 1 atom stereocenters. The molecule has 3 aromatic rings. The number of aromatic nitrogens is 2. The summed E-state index contributed by atoms with van der Waals surface area (Å²) in [6.45, 7) is 2.93. The number of piperidine rings is 1. The summed E-state index contributed by atoms with van der Waals surface area (Å²) in [6.07, 6.45) is 2.70. The molecule has 0 bridgehead atoms. The summed E-state index contributed by atoms with van der Waals surface area (Å²) >= 11 is 6.31. The molecular weight excluding hydrogens is 381 g/mol. The van der Waals surface area contributed by atoms with Crippen LogP contribution in [0.3, 0.4) is 0 Å². The van der Waals surface area contributed by atoms with Crippen molar-refractivity contribution in [2.45, 2.75) is 19.8 Å². The molecule has 0 saturated carbocycles. The second-order valence-electron chi connectivity index (χ2n) is 7.10. The lowest BCUT2D eigenvalue weighted by Gasteiger charge is -2.32. The fourth-order valence-electron chi connectivity index (χ4n) is 3.74. The first-order valence-corrected chi connectivity index (χ1v) is 9.51. The molecule has 2 aromatic carbocycles. The molecular formula is C21H19ClFN3O2. The molecule has 144 valence electrons. The molecule has 0 aliphatic carbocycles. The van der Waals surface area contributed by atoms with Gasteiger partial charge in [0.15, 0.2) is 0 Å². The highest BCUT2D eigenvalue weighted by atomic mass is 35.5. The predicted molar refractivity (Wildman–Crippen MR) is 107 cm³/mol. The van der Waals surface area contributed by atoms with Crippen LogP contribution >= 0.6 is 11.6 Å². The van der Waals surface area contributed by atoms with Crippen molar-refractivity contribution in [2.75, 3.05) is 18.0 Å². The van der Waals surface area contributed by atoms with Gasteiger partial charge in [-0.25, -0.2) is 14.4 Å². The molecule has 1 aliphatic rings. The van der Waals surface area contributed by atoms with Crippen LogP contribution in [-0.4, -0.2) is 34.1 Å². The highest BCUT2D eigenvalue weighted by Crippen LogP contribution is 2.37. The van der Waals surface area contributed by atoms with Gasteiger partial charge in [0.05, 0.1) is 11.3 Å². The summed E-state index contributed by atoms with van der Waals surface area (Å²) in [7, 11) is 0. The summed E-state index contributed by atoms with van der Waals surface area (Å²) in [6, 6.07) is 8.78. The minimum Gasteiger partial charge on any atom is -0.481 e. The first-order valence-electron chi connectivity index (χ1n) is 9.13. The predicted octanol–water partition coefficient (Wildman–Crippen LogP) is 4.70. The third-order valence-electron chi connectivity index (χ3n) is 5.27. The monoisotopic (exact) mass is 399 g/mol. The Kier molecular flexibility index (Phi) is 4.89. The molecule has 2 heterocycles. The number of fused-ring (bicyclic) bond motifs is 1. The lowest BCUT2D eigenvalue weighted by atomic mass is 9.96. The molecule has 1 aromatic heterocycles. The number of carbonyl (C=O) groups is 1. The van der Waals surface area contributed by atoms with Gasteiger partial charge in [-0.2, -0.15) is 0 Å². The average molecular weight is 400 g/mol. The molecule has 7 heteroatoms. The van der Waals surface area contributed by atoms with Crippen molar-refractivity contribution in [3.8, 4) is 11.1 Å². The Morgan fingerprint density at radius 2 is 2.11 bits per heavy atom. The van der Waals surface area contributed by atoms with Gasteiger partial charge in [-0.3, -0.25) is 4.79 Å². The maximum atomic E-state index is 14.5. The molecule has 0 radical (unpaired) electrons. The summed E-state index contributed by atoms with van der Waals surface area (Å²) in [5.41, 5.74) is 2.78. The fraction of sp³-hybridized carbons (Fsp3) is 0.286. The van der Waals surface area contributed by atoms with E-state index in [2.05, 4.69) is 9.97 Å². The smallest absolute Gasteiger partial charge is 0.308 e. The van der Waals surface area contributed by atoms with Crippen molar-refractivity contribution in [1.82, 2.24) is 9.97 Å². The van der Waals surface area contributed by atoms with E-state index in [1.54, 1.807) is 6.07 Å². The second-order valence-corrected chi connectivity index (χ2v) is 7.51. The van der Waals surface area contributed by atoms with E-state index in [4.69, 9.17) is 11.6 Å². The van der Waals surface area contributed by atoms with E-state index in [0.29, 0.717) is 35.7 Å². The Hall–Kier alpha value is -2.73. The number of carboxylic acid groups (broad SMARTS) is 1. The Morgan fingerprint density at radius 1 is 1.29 bits per heavy atom. The summed E-state index contributed by atoms with van der Waals surface area (Å²) in [5.74, 6) is -1.17. The van der Waals surface area contributed by atoms with Gasteiger partial charge in [0.1, 0.15) is 23.5 Å². The number of aryl methyl sites for hydroxylation is 1. The van der Waals surface area contributed by atoms with Crippen LogP contribution in [0, 0.1) is 18.7 Å². The summed E-state index contributed by atoms with van der Waals surface area (Å²) < 4.78 is 14.5. The molecule has 4 rings (SSSR count). The van der Waals surface area contributed by atoms with Gasteiger partial charge in [-0.1, -0.05) is 29.8 Å². The third-order valence-corrected chi connectivity index (χ3v) is 5.68. The van der Waals surface area contributed by atoms with E-state index in [-0.39, 0.29) is 5.52 Å². The molecule has 0 amide bonds. The van der Waals surface area contributed by atoms with Gasteiger partial charge in [0.2, 0.25) is 0 Å². The zero-order chi connectivity index (χ0) is 19.8. The van der Waals surface area contributed by atoms with E-state index in [1.807, 2.05) is 30.0 Å². The van der Waals surface area contributed by atoms with E-state index in [0.717, 1.165) is 23.1 Å². The highest BCUT2D eigenvalue weighted by molar-refractivity contribution is 6.31. The zero-order valence-corrected chi connectivity index (χ0v) is 16.1. The highest BCUT2D eigenvalue weighted by Gasteiger charge is 2.28. The van der Waals surface area contributed by atoms with E-state index < -0.39 is 17.7 Å². The van der Waals surface area contributed by atoms with Crippen LogP contribution in [0.15, 0.2) is 36.7 Å². The number of hydrogen-bond acceptors (Lipinski definition) is 4. The Labute approximate surface area is 166 Å². The van der Waals surface area contributed by atoms with Crippen molar-refractivity contribution < 1.29 is 14.3 Å². The third kappa shape index (κ3) is 3.29. The van der Waals surface area contributed by atoms with E-state index >= 15 is 0 Å². The standard InChI is InChI=1S/C21H19ClFN3O2/c1-12-4-5-13(9-16(12)22)15-6-7-17(23)19-18(15)20(25-11-24-19)26-8-2-3-14(10-26)21(27)28/h4-7,9,11,14H,2-3,8,10H2,1H3,(H,27,28). The number of anilines is 1. The van der Waals surface area contributed by atoms with Crippen molar-refractivity contribution in [3.63, 3.8) is 0 Å². The zero-order valence-electron chi connectivity index (χ0n) is 15.3. The van der Waals surface area contributed by atoms with Crippen molar-refractivity contribution >= 4 is 34.3 Å². The molecule has 1 aliphatic heterocycles. The molecule has 1 N–H and O–H groups in total. The first-order chi connectivity index (χ1) is 13.5. The van der Waals surface area contributed by atoms with Gasteiger partial charge in [-0.05, 0) is 48.6 Å². The number of rotatable bonds is 3. The molecule has 5 nitrogen and oxygen atoms in total. The lowest BCUT2D eigenvalue weighted by molar-refractivity contribution is -0.141. The average Bonchev–Trinajstić information content (AvgIpc) is 2.70. The minimum absolute atomic E-state index is 0.219. The van der Waals surface area contributed by atoms with Crippen molar-refractivity contribution in [2.24, 2.45) is 5.92 Å². The number of halogens is 2. The topological polar surface area (TPSA) is 66.3 Å². The van der Waals surface area contributed by atoms with Crippen molar-refractivity contribution in [1.29, 1.82) is 0 Å². The SMILES string of the molecule is Cc1ccc(-c2ccc(F)c3ncnc(N4CCCC(C(=O)O)C4)c23)cc1Cl. The molecule has 0 spiro atoms. The number of aliphatic carboxylic acids is 1. The Bertz CT molecular complexity index is 1070. The van der Waals surface area contributed by atoms with Crippen LogP contribution in [0.1, 0.15) is 18.4 Å². The van der Waals surface area contributed by atoms with Crippen LogP contribution in [0.2, 0.25) is 5.02 Å². The quantitative estimate of drug-likeness (QED) is 0.691. The van der Waals surface area contributed by atoms with Crippen LogP contribution < -0.4 is 4.90 Å². The number of nitrogens with zero attached hydrogens (tertiary/aromatic N) is 3. The van der Waals surface area contributed by atoms with Crippen LogP contribution in [-0.2, 0) is 4.79 Å². The Morgan fingerprint density at radius 3 is 2.86 bits per heavy atom. The second kappa shape index (κ2) is 7.36. The molecule has 1 unspecified atom stereocenters. The molecule has 28 heavy (non-hydrogen) atoms. The normalized spacial score (nSPS) is 17.1. The maximum absolute atomic E-state index is 14.5. The number of benzene rings is 2.